The summed E-state index contributed by atoms with van der Waals surface area (Å²) in [6.07, 6.45) is 4.10. The Morgan fingerprint density at radius 3 is 2.72 bits per heavy atom. The highest BCUT2D eigenvalue weighted by Gasteiger charge is 2.06. The van der Waals surface area contributed by atoms with E-state index >= 15 is 0 Å². The van der Waals surface area contributed by atoms with E-state index in [0.717, 1.165) is 11.8 Å². The normalized spacial score (nSPS) is 10.1. The van der Waals surface area contributed by atoms with E-state index in [1.165, 1.54) is 0 Å². The fourth-order valence-electron chi connectivity index (χ4n) is 1.75. The molecule has 18 heavy (non-hydrogen) atoms. The molecule has 0 aliphatic heterocycles. The lowest BCUT2D eigenvalue weighted by atomic mass is 10.2. The van der Waals surface area contributed by atoms with Crippen molar-refractivity contribution in [3.63, 3.8) is 0 Å². The van der Waals surface area contributed by atoms with Gasteiger partial charge >= 0.3 is 0 Å². The van der Waals surface area contributed by atoms with Gasteiger partial charge in [-0.25, -0.2) is 4.98 Å². The van der Waals surface area contributed by atoms with Gasteiger partial charge in [-0.15, -0.1) is 0 Å². The number of benzene rings is 1. The van der Waals surface area contributed by atoms with E-state index < -0.39 is 0 Å². The van der Waals surface area contributed by atoms with Gasteiger partial charge in [0.2, 0.25) is 0 Å². The molecule has 2 rings (SSSR count). The summed E-state index contributed by atoms with van der Waals surface area (Å²) >= 11 is 0. The summed E-state index contributed by atoms with van der Waals surface area (Å²) < 4.78 is 12.2. The van der Waals surface area contributed by atoms with Crippen molar-refractivity contribution in [3.05, 3.63) is 42.0 Å². The van der Waals surface area contributed by atoms with Gasteiger partial charge in [-0.3, -0.25) is 4.79 Å². The summed E-state index contributed by atoms with van der Waals surface area (Å²) in [6.45, 7) is 0.564. The molecule has 1 aromatic heterocycles. The summed E-state index contributed by atoms with van der Waals surface area (Å²) in [6, 6.07) is 5.65. The van der Waals surface area contributed by atoms with Gasteiger partial charge in [0.15, 0.2) is 23.6 Å². The number of nitrogens with zero attached hydrogens (tertiary/aromatic N) is 2. The Balaban J connectivity index is 2.27. The molecule has 1 aromatic carbocycles. The van der Waals surface area contributed by atoms with Gasteiger partial charge in [0.05, 0.1) is 14.2 Å². The minimum atomic E-state index is 0.407. The Morgan fingerprint density at radius 2 is 2.06 bits per heavy atom. The monoisotopic (exact) mass is 246 g/mol. The first kappa shape index (κ1) is 12.2. The Morgan fingerprint density at radius 1 is 1.28 bits per heavy atom. The van der Waals surface area contributed by atoms with Crippen LogP contribution in [0.5, 0.6) is 11.5 Å². The van der Waals surface area contributed by atoms with Crippen LogP contribution in [0.1, 0.15) is 16.2 Å². The first-order valence-electron chi connectivity index (χ1n) is 5.45. The molecule has 0 saturated carbocycles. The van der Waals surface area contributed by atoms with Crippen molar-refractivity contribution < 1.29 is 14.3 Å². The van der Waals surface area contributed by atoms with Gasteiger partial charge in [0.1, 0.15) is 0 Å². The fourth-order valence-corrected chi connectivity index (χ4v) is 1.75. The molecule has 0 N–H and O–H groups in total. The molecule has 0 amide bonds. The number of carbonyl (C=O) groups excluding carboxylic acids is 1. The zero-order valence-corrected chi connectivity index (χ0v) is 10.3. The molecular weight excluding hydrogens is 232 g/mol. The predicted molar refractivity (Wildman–Crippen MR) is 66.3 cm³/mol. The van der Waals surface area contributed by atoms with E-state index in [9.17, 15) is 4.79 Å². The number of aldehydes is 1. The van der Waals surface area contributed by atoms with Crippen LogP contribution in [-0.2, 0) is 6.54 Å². The minimum absolute atomic E-state index is 0.407. The van der Waals surface area contributed by atoms with Crippen LogP contribution < -0.4 is 9.47 Å². The van der Waals surface area contributed by atoms with Crippen LogP contribution in [0.25, 0.3) is 0 Å². The molecule has 94 valence electrons. The fraction of sp³-hybridized carbons (Fsp3) is 0.231. The molecule has 0 aliphatic carbocycles. The minimum Gasteiger partial charge on any atom is -0.493 e. The van der Waals surface area contributed by atoms with Crippen LogP contribution in [-0.4, -0.2) is 30.1 Å². The van der Waals surface area contributed by atoms with E-state index in [1.54, 1.807) is 31.2 Å². The van der Waals surface area contributed by atoms with E-state index in [2.05, 4.69) is 4.98 Å². The standard InChI is InChI=1S/C13H14N2O3/c1-17-11-4-3-10(7-12(11)18-2)8-15-6-5-14-13(15)9-16/h3-7,9H,8H2,1-2H3. The third-order valence-corrected chi connectivity index (χ3v) is 2.65. The highest BCUT2D eigenvalue weighted by molar-refractivity contribution is 5.69. The zero-order valence-electron chi connectivity index (χ0n) is 10.3. The number of methoxy groups -OCH3 is 2. The van der Waals surface area contributed by atoms with Crippen molar-refractivity contribution in [3.8, 4) is 11.5 Å². The summed E-state index contributed by atoms with van der Waals surface area (Å²) in [5, 5.41) is 0. The van der Waals surface area contributed by atoms with E-state index in [0.29, 0.717) is 23.9 Å². The molecule has 0 spiro atoms. The molecule has 0 fully saturated rings. The van der Waals surface area contributed by atoms with E-state index in [4.69, 9.17) is 9.47 Å². The third kappa shape index (κ3) is 2.34. The summed E-state index contributed by atoms with van der Waals surface area (Å²) in [7, 11) is 3.19. The number of hydrogen-bond acceptors (Lipinski definition) is 4. The predicted octanol–water partition coefficient (Wildman–Crippen LogP) is 1.76. The number of hydrogen-bond donors (Lipinski definition) is 0. The number of imidazole rings is 1. The van der Waals surface area contributed by atoms with Gasteiger partial charge in [0.25, 0.3) is 0 Å². The van der Waals surface area contributed by atoms with Gasteiger partial charge in [-0.1, -0.05) is 6.07 Å². The van der Waals surface area contributed by atoms with Crippen molar-refractivity contribution in [1.29, 1.82) is 0 Å². The van der Waals surface area contributed by atoms with Crippen LogP contribution in [0.4, 0.5) is 0 Å². The lowest BCUT2D eigenvalue weighted by molar-refractivity contribution is 0.111. The second-order valence-electron chi connectivity index (χ2n) is 3.72. The molecule has 5 nitrogen and oxygen atoms in total. The molecule has 1 heterocycles. The van der Waals surface area contributed by atoms with Gasteiger partial charge < -0.3 is 14.0 Å². The highest BCUT2D eigenvalue weighted by atomic mass is 16.5. The number of ether oxygens (including phenoxy) is 2. The lowest BCUT2D eigenvalue weighted by Gasteiger charge is -2.10. The quantitative estimate of drug-likeness (QED) is 0.754. The Hall–Kier alpha value is -2.30. The third-order valence-electron chi connectivity index (χ3n) is 2.65. The van der Waals surface area contributed by atoms with Crippen LogP contribution in [0.15, 0.2) is 30.6 Å². The van der Waals surface area contributed by atoms with Crippen LogP contribution in [0, 0.1) is 0 Å². The summed E-state index contributed by atoms with van der Waals surface area (Å²) in [5.41, 5.74) is 1.01. The van der Waals surface area contributed by atoms with Crippen molar-refractivity contribution in [2.75, 3.05) is 14.2 Å². The van der Waals surface area contributed by atoms with E-state index in [1.807, 2.05) is 18.2 Å². The molecule has 0 unspecified atom stereocenters. The second-order valence-corrected chi connectivity index (χ2v) is 3.72. The maximum absolute atomic E-state index is 10.8. The molecular formula is C13H14N2O3. The average molecular weight is 246 g/mol. The second kappa shape index (κ2) is 5.35. The summed E-state index contributed by atoms with van der Waals surface area (Å²) in [4.78, 5) is 14.7. The Bertz CT molecular complexity index is 549. The lowest BCUT2D eigenvalue weighted by Crippen LogP contribution is -2.03. The van der Waals surface area contributed by atoms with Crippen molar-refractivity contribution >= 4 is 6.29 Å². The average Bonchev–Trinajstić information content (AvgIpc) is 2.85. The van der Waals surface area contributed by atoms with Crippen LogP contribution in [0.3, 0.4) is 0 Å². The smallest absolute Gasteiger partial charge is 0.185 e. The van der Waals surface area contributed by atoms with Crippen molar-refractivity contribution in [2.24, 2.45) is 0 Å². The van der Waals surface area contributed by atoms with Gasteiger partial charge in [-0.2, -0.15) is 0 Å². The van der Waals surface area contributed by atoms with Gasteiger partial charge in [0, 0.05) is 18.9 Å². The van der Waals surface area contributed by atoms with Gasteiger partial charge in [-0.05, 0) is 17.7 Å². The highest BCUT2D eigenvalue weighted by Crippen LogP contribution is 2.27. The first-order chi connectivity index (χ1) is 8.78. The van der Waals surface area contributed by atoms with Crippen LogP contribution in [0.2, 0.25) is 0 Å². The molecule has 0 saturated heterocycles. The summed E-state index contributed by atoms with van der Waals surface area (Å²) in [5.74, 6) is 1.76. The maximum atomic E-state index is 10.8. The largest absolute Gasteiger partial charge is 0.493 e. The zero-order chi connectivity index (χ0) is 13.0. The van der Waals surface area contributed by atoms with E-state index in [-0.39, 0.29) is 0 Å². The van der Waals surface area contributed by atoms with Crippen molar-refractivity contribution in [2.45, 2.75) is 6.54 Å². The van der Waals surface area contributed by atoms with Crippen LogP contribution >= 0.6 is 0 Å². The number of carbonyl (C=O) groups is 1. The molecule has 0 bridgehead atoms. The molecule has 0 aliphatic rings. The Labute approximate surface area is 105 Å². The van der Waals surface area contributed by atoms with Crippen molar-refractivity contribution in [1.82, 2.24) is 9.55 Å². The molecule has 0 atom stereocenters. The SMILES string of the molecule is COc1ccc(Cn2ccnc2C=O)cc1OC. The molecule has 0 radical (unpaired) electrons. The maximum Gasteiger partial charge on any atom is 0.185 e. The molecule has 5 heteroatoms. The number of rotatable bonds is 5. The Kier molecular flexibility index (Phi) is 3.62. The number of aromatic nitrogens is 2. The molecule has 2 aromatic rings. The first-order valence-corrected chi connectivity index (χ1v) is 5.45. The topological polar surface area (TPSA) is 53.4 Å².